The van der Waals surface area contributed by atoms with Crippen molar-refractivity contribution >= 4 is 5.91 Å². The predicted molar refractivity (Wildman–Crippen MR) is 53.5 cm³/mol. The van der Waals surface area contributed by atoms with E-state index in [9.17, 15) is 4.79 Å². The van der Waals surface area contributed by atoms with E-state index in [0.717, 1.165) is 12.1 Å². The van der Waals surface area contributed by atoms with Gasteiger partial charge in [-0.05, 0) is 6.92 Å². The van der Waals surface area contributed by atoms with Crippen LogP contribution in [0.4, 0.5) is 0 Å². The van der Waals surface area contributed by atoms with E-state index in [4.69, 9.17) is 0 Å². The van der Waals surface area contributed by atoms with E-state index < -0.39 is 0 Å². The molecule has 0 aliphatic rings. The van der Waals surface area contributed by atoms with E-state index in [0.29, 0.717) is 6.54 Å². The largest absolute Gasteiger partial charge is 0.345 e. The zero-order valence-electron chi connectivity index (χ0n) is 8.37. The van der Waals surface area contributed by atoms with Gasteiger partial charge >= 0.3 is 0 Å². The lowest BCUT2D eigenvalue weighted by atomic mass is 10.3. The van der Waals surface area contributed by atoms with Crippen LogP contribution in [0, 0.1) is 11.8 Å². The fourth-order valence-electron chi connectivity index (χ4n) is 0.916. The fourth-order valence-corrected chi connectivity index (χ4v) is 0.916. The summed E-state index contributed by atoms with van der Waals surface area (Å²) >= 11 is 0. The second-order valence-corrected chi connectivity index (χ2v) is 2.80. The Bertz CT molecular complexity index is 370. The van der Waals surface area contributed by atoms with Gasteiger partial charge in [0, 0.05) is 19.7 Å². The van der Waals surface area contributed by atoms with Gasteiger partial charge in [0.05, 0.1) is 18.3 Å². The number of nitrogens with one attached hydrogen (secondary N) is 1. The van der Waals surface area contributed by atoms with Crippen LogP contribution in [0.15, 0.2) is 12.4 Å². The summed E-state index contributed by atoms with van der Waals surface area (Å²) in [6.07, 6.45) is 3.59. The molecule has 4 heteroatoms. The maximum absolute atomic E-state index is 10.5. The molecule has 1 aromatic heterocycles. The summed E-state index contributed by atoms with van der Waals surface area (Å²) in [4.78, 5) is 10.5. The lowest BCUT2D eigenvalue weighted by molar-refractivity contribution is -0.118. The first-order valence-electron chi connectivity index (χ1n) is 4.48. The molecule has 1 rings (SSSR count). The number of carbonyl (C=O) groups is 1. The molecule has 0 radical (unpaired) electrons. The number of amides is 1. The van der Waals surface area contributed by atoms with Gasteiger partial charge in [-0.1, -0.05) is 11.8 Å². The Kier molecular flexibility index (Phi) is 3.74. The van der Waals surface area contributed by atoms with Gasteiger partial charge in [0.15, 0.2) is 0 Å². The van der Waals surface area contributed by atoms with Crippen molar-refractivity contribution in [3.05, 3.63) is 18.0 Å². The Balaban J connectivity index is 2.46. The number of aromatic nitrogens is 2. The minimum absolute atomic E-state index is 0.0662. The molecule has 0 saturated heterocycles. The molecular weight excluding hydrogens is 178 g/mol. The molecule has 0 fully saturated rings. The van der Waals surface area contributed by atoms with Crippen molar-refractivity contribution in [3.8, 4) is 11.8 Å². The molecule has 0 aliphatic carbocycles. The molecule has 14 heavy (non-hydrogen) atoms. The number of hydrogen-bond donors (Lipinski definition) is 1. The van der Waals surface area contributed by atoms with E-state index in [1.165, 1.54) is 6.92 Å². The van der Waals surface area contributed by atoms with Gasteiger partial charge < -0.3 is 5.32 Å². The van der Waals surface area contributed by atoms with Crippen LogP contribution < -0.4 is 5.32 Å². The summed E-state index contributed by atoms with van der Waals surface area (Å²) in [5.41, 5.74) is 0.872. The maximum atomic E-state index is 10.5. The van der Waals surface area contributed by atoms with Crippen molar-refractivity contribution in [1.82, 2.24) is 15.1 Å². The summed E-state index contributed by atoms with van der Waals surface area (Å²) in [6, 6.07) is 0. The van der Waals surface area contributed by atoms with Crippen LogP contribution in [0.25, 0.3) is 0 Å². The average Bonchev–Trinajstić information content (AvgIpc) is 2.60. The summed E-state index contributed by atoms with van der Waals surface area (Å²) in [5, 5.41) is 6.67. The summed E-state index contributed by atoms with van der Waals surface area (Å²) in [7, 11) is 0. The molecule has 4 nitrogen and oxygen atoms in total. The van der Waals surface area contributed by atoms with Crippen molar-refractivity contribution in [2.75, 3.05) is 6.54 Å². The standard InChI is InChI=1S/C10H13N3O/c1-3-13-8-10(7-12-13)5-4-6-11-9(2)14/h7-8H,3,6H2,1-2H3,(H,11,14). The summed E-state index contributed by atoms with van der Waals surface area (Å²) in [6.45, 7) is 4.71. The van der Waals surface area contributed by atoms with Crippen LogP contribution in [-0.4, -0.2) is 22.2 Å². The van der Waals surface area contributed by atoms with E-state index in [1.807, 2.05) is 17.8 Å². The van der Waals surface area contributed by atoms with Crippen molar-refractivity contribution in [3.63, 3.8) is 0 Å². The van der Waals surface area contributed by atoms with Crippen molar-refractivity contribution in [2.45, 2.75) is 20.4 Å². The first-order chi connectivity index (χ1) is 6.72. The molecule has 1 heterocycles. The molecule has 0 spiro atoms. The number of hydrogen-bond acceptors (Lipinski definition) is 2. The molecular formula is C10H13N3O. The molecule has 0 atom stereocenters. The molecule has 0 aromatic carbocycles. The minimum atomic E-state index is -0.0662. The second-order valence-electron chi connectivity index (χ2n) is 2.80. The van der Waals surface area contributed by atoms with Crippen LogP contribution in [-0.2, 0) is 11.3 Å². The Hall–Kier alpha value is -1.76. The highest BCUT2D eigenvalue weighted by molar-refractivity contribution is 5.73. The number of aryl methyl sites for hydroxylation is 1. The molecule has 0 aliphatic heterocycles. The van der Waals surface area contributed by atoms with Gasteiger partial charge in [-0.3, -0.25) is 9.48 Å². The van der Waals surface area contributed by atoms with Crippen LogP contribution in [0.3, 0.4) is 0 Å². The van der Waals surface area contributed by atoms with Gasteiger partial charge in [-0.15, -0.1) is 0 Å². The topological polar surface area (TPSA) is 46.9 Å². The highest BCUT2D eigenvalue weighted by Gasteiger charge is 1.91. The maximum Gasteiger partial charge on any atom is 0.217 e. The molecule has 0 unspecified atom stereocenters. The van der Waals surface area contributed by atoms with Gasteiger partial charge in [0.2, 0.25) is 5.91 Å². The molecule has 0 bridgehead atoms. The van der Waals surface area contributed by atoms with E-state index in [1.54, 1.807) is 6.20 Å². The van der Waals surface area contributed by atoms with Crippen LogP contribution in [0.2, 0.25) is 0 Å². The highest BCUT2D eigenvalue weighted by Crippen LogP contribution is 1.93. The minimum Gasteiger partial charge on any atom is -0.345 e. The number of nitrogens with zero attached hydrogens (tertiary/aromatic N) is 2. The third-order valence-electron chi connectivity index (χ3n) is 1.62. The Labute approximate surface area is 83.3 Å². The van der Waals surface area contributed by atoms with Gasteiger partial charge in [-0.25, -0.2) is 0 Å². The van der Waals surface area contributed by atoms with E-state index in [-0.39, 0.29) is 5.91 Å². The molecule has 1 aromatic rings. The van der Waals surface area contributed by atoms with Gasteiger partial charge in [0.1, 0.15) is 0 Å². The first-order valence-corrected chi connectivity index (χ1v) is 4.48. The van der Waals surface area contributed by atoms with Crippen LogP contribution >= 0.6 is 0 Å². The van der Waals surface area contributed by atoms with Crippen molar-refractivity contribution < 1.29 is 4.79 Å². The Morgan fingerprint density at radius 3 is 3.07 bits per heavy atom. The van der Waals surface area contributed by atoms with Gasteiger partial charge in [0.25, 0.3) is 0 Å². The Morgan fingerprint density at radius 1 is 1.71 bits per heavy atom. The average molecular weight is 191 g/mol. The van der Waals surface area contributed by atoms with E-state index in [2.05, 4.69) is 22.3 Å². The van der Waals surface area contributed by atoms with Crippen LogP contribution in [0.1, 0.15) is 19.4 Å². The van der Waals surface area contributed by atoms with Crippen molar-refractivity contribution in [2.24, 2.45) is 0 Å². The summed E-state index contributed by atoms with van der Waals surface area (Å²) < 4.78 is 1.81. The van der Waals surface area contributed by atoms with Crippen LogP contribution in [0.5, 0.6) is 0 Å². The quantitative estimate of drug-likeness (QED) is 0.687. The number of rotatable bonds is 2. The molecule has 1 N–H and O–H groups in total. The Morgan fingerprint density at radius 2 is 2.50 bits per heavy atom. The van der Waals surface area contributed by atoms with Gasteiger partial charge in [-0.2, -0.15) is 5.10 Å². The SMILES string of the molecule is CCn1cc(C#CCNC(C)=O)cn1. The smallest absolute Gasteiger partial charge is 0.217 e. The van der Waals surface area contributed by atoms with Crippen molar-refractivity contribution in [1.29, 1.82) is 0 Å². The fraction of sp³-hybridized carbons (Fsp3) is 0.400. The third kappa shape index (κ3) is 3.31. The zero-order valence-corrected chi connectivity index (χ0v) is 8.37. The first kappa shape index (κ1) is 10.3. The molecule has 0 saturated carbocycles. The predicted octanol–water partition coefficient (Wildman–Crippen LogP) is 0.391. The highest BCUT2D eigenvalue weighted by atomic mass is 16.1. The lowest BCUT2D eigenvalue weighted by Gasteiger charge is -1.90. The monoisotopic (exact) mass is 191 g/mol. The number of carbonyl (C=O) groups excluding carboxylic acids is 1. The molecule has 1 amide bonds. The third-order valence-corrected chi connectivity index (χ3v) is 1.62. The zero-order chi connectivity index (χ0) is 10.4. The second kappa shape index (κ2) is 5.07. The normalized spacial score (nSPS) is 9.00. The lowest BCUT2D eigenvalue weighted by Crippen LogP contribution is -2.19. The summed E-state index contributed by atoms with van der Waals surface area (Å²) in [5.74, 6) is 5.68. The molecule has 74 valence electrons. The van der Waals surface area contributed by atoms with E-state index >= 15 is 0 Å².